The molecule has 0 saturated heterocycles. The van der Waals surface area contributed by atoms with Crippen molar-refractivity contribution < 1.29 is 4.79 Å². The molecule has 5 nitrogen and oxygen atoms in total. The van der Waals surface area contributed by atoms with Gasteiger partial charge in [-0.25, -0.2) is 0 Å². The van der Waals surface area contributed by atoms with Gasteiger partial charge in [-0.05, 0) is 25.6 Å². The summed E-state index contributed by atoms with van der Waals surface area (Å²) in [5.41, 5.74) is 4.52. The van der Waals surface area contributed by atoms with Gasteiger partial charge in [-0.2, -0.15) is 0 Å². The number of nitrogens with zero attached hydrogens (tertiary/aromatic N) is 1. The van der Waals surface area contributed by atoms with Gasteiger partial charge in [0.25, 0.3) is 0 Å². The van der Waals surface area contributed by atoms with Crippen LogP contribution in [-0.4, -0.2) is 37.5 Å². The number of hydrogen-bond donors (Lipinski definition) is 3. The summed E-state index contributed by atoms with van der Waals surface area (Å²) in [5.74, 6) is 5.70. The van der Waals surface area contributed by atoms with E-state index in [-0.39, 0.29) is 5.91 Å². The molecule has 0 saturated carbocycles. The topological polar surface area (TPSA) is 70.4 Å². The minimum Gasteiger partial charge on any atom is -0.339 e. The van der Waals surface area contributed by atoms with Crippen LogP contribution in [0.2, 0.25) is 0 Å². The van der Waals surface area contributed by atoms with Crippen molar-refractivity contribution in [3.05, 3.63) is 42.0 Å². The monoisotopic (exact) mass is 276 g/mol. The predicted octanol–water partition coefficient (Wildman–Crippen LogP) is 0.949. The van der Waals surface area contributed by atoms with E-state index in [1.165, 1.54) is 0 Å². The molecule has 1 aromatic carbocycles. The minimum atomic E-state index is 0.141. The molecule has 1 rings (SSSR count). The van der Waals surface area contributed by atoms with Gasteiger partial charge >= 0.3 is 0 Å². The Morgan fingerprint density at radius 3 is 2.60 bits per heavy atom. The highest BCUT2D eigenvalue weighted by Gasteiger charge is 2.10. The Kier molecular flexibility index (Phi) is 7.39. The molecule has 20 heavy (non-hydrogen) atoms. The summed E-state index contributed by atoms with van der Waals surface area (Å²) in [6.07, 6.45) is 2.45. The highest BCUT2D eigenvalue weighted by atomic mass is 16.2. The molecule has 1 amide bonds. The number of carbonyl (C=O) groups excluding carboxylic acids is 1. The predicted molar refractivity (Wildman–Crippen MR) is 82.5 cm³/mol. The van der Waals surface area contributed by atoms with E-state index in [2.05, 4.69) is 10.7 Å². The van der Waals surface area contributed by atoms with E-state index in [1.54, 1.807) is 4.90 Å². The number of hydrogen-bond acceptors (Lipinski definition) is 4. The number of rotatable bonds is 8. The van der Waals surface area contributed by atoms with Gasteiger partial charge in [-0.15, -0.1) is 0 Å². The Bertz CT molecular complexity index is 431. The fourth-order valence-electron chi connectivity index (χ4n) is 1.88. The quantitative estimate of drug-likeness (QED) is 0.488. The van der Waals surface area contributed by atoms with E-state index in [1.807, 2.05) is 50.4 Å². The summed E-state index contributed by atoms with van der Waals surface area (Å²) < 4.78 is 0. The zero-order valence-electron chi connectivity index (χ0n) is 12.2. The van der Waals surface area contributed by atoms with Crippen molar-refractivity contribution in [1.82, 2.24) is 15.6 Å². The van der Waals surface area contributed by atoms with Crippen molar-refractivity contribution in [2.45, 2.75) is 13.3 Å². The Morgan fingerprint density at radius 1 is 1.35 bits per heavy atom. The van der Waals surface area contributed by atoms with Crippen molar-refractivity contribution >= 4 is 11.6 Å². The number of benzene rings is 1. The van der Waals surface area contributed by atoms with Crippen LogP contribution in [0.3, 0.4) is 0 Å². The van der Waals surface area contributed by atoms with Gasteiger partial charge in [0.05, 0.1) is 5.70 Å². The zero-order valence-corrected chi connectivity index (χ0v) is 12.2. The SMILES string of the molecule is CCN(C/C=C(\NN)c1ccccc1)C(=O)CCNC. The van der Waals surface area contributed by atoms with E-state index in [9.17, 15) is 4.79 Å². The normalized spacial score (nSPS) is 11.2. The average molecular weight is 276 g/mol. The first-order chi connectivity index (χ1) is 9.72. The maximum atomic E-state index is 12.0. The van der Waals surface area contributed by atoms with E-state index in [0.717, 1.165) is 11.3 Å². The molecular formula is C15H24N4O. The van der Waals surface area contributed by atoms with Crippen molar-refractivity contribution in [2.24, 2.45) is 5.84 Å². The van der Waals surface area contributed by atoms with E-state index in [0.29, 0.717) is 26.1 Å². The first-order valence-corrected chi connectivity index (χ1v) is 6.87. The van der Waals surface area contributed by atoms with Crippen LogP contribution in [0.4, 0.5) is 0 Å². The molecule has 0 atom stereocenters. The molecule has 0 heterocycles. The molecule has 0 bridgehead atoms. The van der Waals surface area contributed by atoms with Crippen molar-refractivity contribution in [3.8, 4) is 0 Å². The molecule has 0 spiro atoms. The Labute approximate surface area is 120 Å². The molecule has 0 aromatic heterocycles. The molecule has 4 N–H and O–H groups in total. The van der Waals surface area contributed by atoms with Crippen LogP contribution in [0.25, 0.3) is 5.70 Å². The second-order valence-electron chi connectivity index (χ2n) is 4.41. The number of carbonyl (C=O) groups is 1. The molecule has 0 aliphatic carbocycles. The third-order valence-corrected chi connectivity index (χ3v) is 3.08. The third kappa shape index (κ3) is 5.03. The van der Waals surface area contributed by atoms with Crippen LogP contribution < -0.4 is 16.6 Å². The van der Waals surface area contributed by atoms with Crippen LogP contribution >= 0.6 is 0 Å². The Morgan fingerprint density at radius 2 is 2.05 bits per heavy atom. The fourth-order valence-corrected chi connectivity index (χ4v) is 1.88. The van der Waals surface area contributed by atoms with E-state index in [4.69, 9.17) is 5.84 Å². The van der Waals surface area contributed by atoms with Crippen LogP contribution in [0, 0.1) is 0 Å². The largest absolute Gasteiger partial charge is 0.339 e. The summed E-state index contributed by atoms with van der Waals surface area (Å²) in [7, 11) is 1.84. The maximum absolute atomic E-state index is 12.0. The fraction of sp³-hybridized carbons (Fsp3) is 0.400. The lowest BCUT2D eigenvalue weighted by Crippen LogP contribution is -2.33. The van der Waals surface area contributed by atoms with Gasteiger partial charge < -0.3 is 15.6 Å². The molecule has 0 radical (unpaired) electrons. The molecule has 0 aliphatic rings. The van der Waals surface area contributed by atoms with Crippen molar-refractivity contribution in [1.29, 1.82) is 0 Å². The van der Waals surface area contributed by atoms with Gasteiger partial charge in [0, 0.05) is 26.1 Å². The summed E-state index contributed by atoms with van der Waals surface area (Å²) >= 11 is 0. The number of amides is 1. The van der Waals surface area contributed by atoms with Crippen LogP contribution in [0.15, 0.2) is 36.4 Å². The summed E-state index contributed by atoms with van der Waals surface area (Å²) in [5, 5.41) is 2.98. The molecule has 5 heteroatoms. The highest BCUT2D eigenvalue weighted by Crippen LogP contribution is 2.10. The number of nitrogens with one attached hydrogen (secondary N) is 2. The Hall–Kier alpha value is -1.85. The molecular weight excluding hydrogens is 252 g/mol. The smallest absolute Gasteiger partial charge is 0.224 e. The second kappa shape index (κ2) is 9.12. The molecule has 0 unspecified atom stereocenters. The zero-order chi connectivity index (χ0) is 14.8. The van der Waals surface area contributed by atoms with Gasteiger partial charge in [0.1, 0.15) is 0 Å². The van der Waals surface area contributed by atoms with E-state index < -0.39 is 0 Å². The summed E-state index contributed by atoms with van der Waals surface area (Å²) in [4.78, 5) is 13.8. The average Bonchev–Trinajstić information content (AvgIpc) is 2.50. The molecule has 110 valence electrons. The molecule has 0 aliphatic heterocycles. The lowest BCUT2D eigenvalue weighted by atomic mass is 10.1. The van der Waals surface area contributed by atoms with Gasteiger partial charge in [-0.3, -0.25) is 10.6 Å². The standard InChI is InChI=1S/C15H24N4O/c1-3-19(15(20)9-11-17-2)12-10-14(18-16)13-7-5-4-6-8-13/h4-8,10,17-18H,3,9,11-12,16H2,1-2H3/b14-10-. The van der Waals surface area contributed by atoms with Crippen molar-refractivity contribution in [3.63, 3.8) is 0 Å². The van der Waals surface area contributed by atoms with Gasteiger partial charge in [0.15, 0.2) is 0 Å². The van der Waals surface area contributed by atoms with Crippen LogP contribution in [0.5, 0.6) is 0 Å². The summed E-state index contributed by atoms with van der Waals surface area (Å²) in [6.45, 7) is 3.90. The van der Waals surface area contributed by atoms with Crippen LogP contribution in [-0.2, 0) is 4.79 Å². The summed E-state index contributed by atoms with van der Waals surface area (Å²) in [6, 6.07) is 9.82. The molecule has 0 fully saturated rings. The van der Waals surface area contributed by atoms with Crippen LogP contribution in [0.1, 0.15) is 18.9 Å². The lowest BCUT2D eigenvalue weighted by molar-refractivity contribution is -0.130. The number of likely N-dealkylation sites (N-methyl/N-ethyl adjacent to an activating group) is 1. The van der Waals surface area contributed by atoms with Gasteiger partial charge in [-0.1, -0.05) is 30.3 Å². The minimum absolute atomic E-state index is 0.141. The Balaban J connectivity index is 2.69. The van der Waals surface area contributed by atoms with E-state index >= 15 is 0 Å². The van der Waals surface area contributed by atoms with Gasteiger partial charge in [0.2, 0.25) is 5.91 Å². The highest BCUT2D eigenvalue weighted by molar-refractivity contribution is 5.77. The maximum Gasteiger partial charge on any atom is 0.224 e. The lowest BCUT2D eigenvalue weighted by Gasteiger charge is -2.20. The first-order valence-electron chi connectivity index (χ1n) is 6.87. The second-order valence-corrected chi connectivity index (χ2v) is 4.41. The van der Waals surface area contributed by atoms with Crippen molar-refractivity contribution in [2.75, 3.05) is 26.7 Å². The first kappa shape index (κ1) is 16.2. The molecule has 1 aromatic rings. The number of hydrazine groups is 1. The number of nitrogens with two attached hydrogens (primary N) is 1. The third-order valence-electron chi connectivity index (χ3n) is 3.08.